The highest BCUT2D eigenvalue weighted by Crippen LogP contribution is 2.35. The Morgan fingerprint density at radius 1 is 1.32 bits per heavy atom. The fourth-order valence-corrected chi connectivity index (χ4v) is 2.82. The van der Waals surface area contributed by atoms with Crippen molar-refractivity contribution < 1.29 is 19.1 Å². The van der Waals surface area contributed by atoms with Gasteiger partial charge in [0.15, 0.2) is 0 Å². The van der Waals surface area contributed by atoms with Crippen molar-refractivity contribution in [2.45, 2.75) is 13.8 Å². The summed E-state index contributed by atoms with van der Waals surface area (Å²) in [5.74, 6) is 0.201. The highest BCUT2D eigenvalue weighted by atomic mass is 79.9. The molecule has 0 saturated heterocycles. The number of hydrogen-bond donors (Lipinski definition) is 0. The molecule has 6 heteroatoms. The van der Waals surface area contributed by atoms with Crippen molar-refractivity contribution in [3.05, 3.63) is 26.6 Å². The molecule has 0 heterocycles. The van der Waals surface area contributed by atoms with E-state index in [9.17, 15) is 9.59 Å². The minimum atomic E-state index is -0.753. The molecule has 1 aromatic carbocycles. The molecule has 104 valence electrons. The summed E-state index contributed by atoms with van der Waals surface area (Å²) in [6.45, 7) is 3.64. The van der Waals surface area contributed by atoms with E-state index in [4.69, 9.17) is 9.47 Å². The van der Waals surface area contributed by atoms with Gasteiger partial charge in [-0.05, 0) is 57.8 Å². The number of rotatable bonds is 5. The number of hydrogen-bond acceptors (Lipinski definition) is 4. The molecule has 0 aliphatic carbocycles. The first kappa shape index (κ1) is 16.2. The van der Waals surface area contributed by atoms with Crippen molar-refractivity contribution in [3.63, 3.8) is 0 Å². The van der Waals surface area contributed by atoms with Crippen LogP contribution in [-0.4, -0.2) is 26.0 Å². The molecule has 1 rings (SSSR count). The van der Waals surface area contributed by atoms with E-state index in [1.54, 1.807) is 26.0 Å². The van der Waals surface area contributed by atoms with E-state index < -0.39 is 5.41 Å². The topological polar surface area (TPSA) is 52.6 Å². The molecule has 0 fully saturated rings. The van der Waals surface area contributed by atoms with Gasteiger partial charge in [-0.15, -0.1) is 0 Å². The zero-order valence-corrected chi connectivity index (χ0v) is 14.0. The van der Waals surface area contributed by atoms with Crippen molar-refractivity contribution in [1.82, 2.24) is 0 Å². The summed E-state index contributed by atoms with van der Waals surface area (Å²) in [7, 11) is 1.34. The van der Waals surface area contributed by atoms with Crippen LogP contribution in [-0.2, 0) is 9.53 Å². The number of methoxy groups -OCH3 is 1. The predicted octanol–water partition coefficient (Wildman–Crippen LogP) is 3.60. The van der Waals surface area contributed by atoms with Gasteiger partial charge in [-0.1, -0.05) is 0 Å². The highest BCUT2D eigenvalue weighted by Gasteiger charge is 2.30. The minimum Gasteiger partial charge on any atom is -0.490 e. The van der Waals surface area contributed by atoms with Crippen LogP contribution in [0.4, 0.5) is 0 Å². The van der Waals surface area contributed by atoms with Crippen molar-refractivity contribution in [2.24, 2.45) is 5.41 Å². The molecule has 0 radical (unpaired) electrons. The van der Waals surface area contributed by atoms with E-state index in [1.165, 1.54) is 7.11 Å². The Balaban J connectivity index is 2.90. The van der Waals surface area contributed by atoms with Crippen LogP contribution in [0.3, 0.4) is 0 Å². The predicted molar refractivity (Wildman–Crippen MR) is 78.5 cm³/mol. The number of esters is 1. The van der Waals surface area contributed by atoms with Gasteiger partial charge in [0.25, 0.3) is 0 Å². The maximum Gasteiger partial charge on any atom is 0.314 e. The number of halogens is 2. The Hall–Kier alpha value is -0.880. The molecule has 19 heavy (non-hydrogen) atoms. The molecule has 1 aromatic rings. The van der Waals surface area contributed by atoms with Gasteiger partial charge in [0.2, 0.25) is 0 Å². The lowest BCUT2D eigenvalue weighted by Gasteiger charge is -2.22. The standard InChI is InChI=1S/C13H14Br2O4/c1-13(2,12(17)18-3)7-19-11-9(14)4-8(6-16)5-10(11)15/h4-6H,7H2,1-3H3. The summed E-state index contributed by atoms with van der Waals surface area (Å²) in [6, 6.07) is 3.30. The van der Waals surface area contributed by atoms with Crippen LogP contribution >= 0.6 is 31.9 Å². The second-order valence-corrected chi connectivity index (χ2v) is 6.30. The largest absolute Gasteiger partial charge is 0.490 e. The second-order valence-electron chi connectivity index (χ2n) is 4.60. The average Bonchev–Trinajstić information content (AvgIpc) is 2.36. The Bertz CT molecular complexity index is 474. The van der Waals surface area contributed by atoms with Crippen molar-refractivity contribution in [1.29, 1.82) is 0 Å². The number of carbonyl (C=O) groups is 2. The van der Waals surface area contributed by atoms with Gasteiger partial charge in [-0.25, -0.2) is 0 Å². The smallest absolute Gasteiger partial charge is 0.314 e. The van der Waals surface area contributed by atoms with Crippen LogP contribution in [0.25, 0.3) is 0 Å². The summed E-state index contributed by atoms with van der Waals surface area (Å²) < 4.78 is 11.6. The highest BCUT2D eigenvalue weighted by molar-refractivity contribution is 9.11. The molecule has 0 N–H and O–H groups in total. The van der Waals surface area contributed by atoms with Crippen LogP contribution in [0.15, 0.2) is 21.1 Å². The fourth-order valence-electron chi connectivity index (χ4n) is 1.37. The fraction of sp³-hybridized carbons (Fsp3) is 0.385. The first-order valence-corrected chi connectivity index (χ1v) is 7.06. The monoisotopic (exact) mass is 392 g/mol. The van der Waals surface area contributed by atoms with E-state index in [1.807, 2.05) is 0 Å². The third-order valence-corrected chi connectivity index (χ3v) is 3.65. The average molecular weight is 394 g/mol. The van der Waals surface area contributed by atoms with Crippen molar-refractivity contribution in [2.75, 3.05) is 13.7 Å². The van der Waals surface area contributed by atoms with E-state index in [0.29, 0.717) is 20.3 Å². The third kappa shape index (κ3) is 4.04. The summed E-state index contributed by atoms with van der Waals surface area (Å²) in [5, 5.41) is 0. The van der Waals surface area contributed by atoms with E-state index in [0.717, 1.165) is 6.29 Å². The van der Waals surface area contributed by atoms with Crippen LogP contribution in [0.5, 0.6) is 5.75 Å². The number of carbonyl (C=O) groups excluding carboxylic acids is 2. The van der Waals surface area contributed by atoms with Gasteiger partial charge < -0.3 is 9.47 Å². The lowest BCUT2D eigenvalue weighted by atomic mass is 9.95. The van der Waals surface area contributed by atoms with Gasteiger partial charge in [0.1, 0.15) is 18.6 Å². The molecular formula is C13H14Br2O4. The van der Waals surface area contributed by atoms with Crippen molar-refractivity contribution in [3.8, 4) is 5.75 Å². The number of ether oxygens (including phenoxy) is 2. The Labute approximate surface area is 128 Å². The molecule has 0 spiro atoms. The maximum absolute atomic E-state index is 11.6. The molecule has 0 unspecified atom stereocenters. The molecule has 0 saturated carbocycles. The Morgan fingerprint density at radius 3 is 2.26 bits per heavy atom. The molecule has 0 aliphatic heterocycles. The quantitative estimate of drug-likeness (QED) is 0.566. The van der Waals surface area contributed by atoms with Gasteiger partial charge in [-0.2, -0.15) is 0 Å². The lowest BCUT2D eigenvalue weighted by molar-refractivity contribution is -0.152. The van der Waals surface area contributed by atoms with E-state index >= 15 is 0 Å². The molecule has 0 aliphatic rings. The Morgan fingerprint density at radius 2 is 1.84 bits per heavy atom. The summed E-state index contributed by atoms with van der Waals surface area (Å²) in [5.41, 5.74) is -0.227. The van der Waals surface area contributed by atoms with E-state index in [-0.39, 0.29) is 12.6 Å². The zero-order chi connectivity index (χ0) is 14.6. The van der Waals surface area contributed by atoms with Crippen LogP contribution in [0.2, 0.25) is 0 Å². The van der Waals surface area contributed by atoms with Gasteiger partial charge in [0.05, 0.1) is 21.5 Å². The van der Waals surface area contributed by atoms with Gasteiger partial charge >= 0.3 is 5.97 Å². The molecule has 0 atom stereocenters. The summed E-state index contributed by atoms with van der Waals surface area (Å²) in [6.07, 6.45) is 0.748. The number of aldehydes is 1. The van der Waals surface area contributed by atoms with Crippen LogP contribution in [0, 0.1) is 5.41 Å². The third-order valence-electron chi connectivity index (χ3n) is 2.47. The number of benzene rings is 1. The van der Waals surface area contributed by atoms with Gasteiger partial charge in [-0.3, -0.25) is 9.59 Å². The van der Waals surface area contributed by atoms with Crippen LogP contribution < -0.4 is 4.74 Å². The SMILES string of the molecule is COC(=O)C(C)(C)COc1c(Br)cc(C=O)cc1Br. The molecular weight excluding hydrogens is 380 g/mol. The van der Waals surface area contributed by atoms with Crippen molar-refractivity contribution >= 4 is 44.1 Å². The summed E-state index contributed by atoms with van der Waals surface area (Å²) >= 11 is 6.66. The first-order valence-electron chi connectivity index (χ1n) is 5.47. The molecule has 0 aromatic heterocycles. The molecule has 0 bridgehead atoms. The molecule has 0 amide bonds. The second kappa shape index (κ2) is 6.52. The van der Waals surface area contributed by atoms with Gasteiger partial charge in [0, 0.05) is 5.56 Å². The van der Waals surface area contributed by atoms with Crippen LogP contribution in [0.1, 0.15) is 24.2 Å². The normalized spacial score (nSPS) is 11.0. The first-order chi connectivity index (χ1) is 8.81. The van der Waals surface area contributed by atoms with E-state index in [2.05, 4.69) is 31.9 Å². The zero-order valence-electron chi connectivity index (χ0n) is 10.8. The summed E-state index contributed by atoms with van der Waals surface area (Å²) in [4.78, 5) is 22.3. The maximum atomic E-state index is 11.6. The lowest BCUT2D eigenvalue weighted by Crippen LogP contribution is -2.32. The molecule has 4 nitrogen and oxygen atoms in total. The minimum absolute atomic E-state index is 0.164. The Kier molecular flexibility index (Phi) is 5.55.